The van der Waals surface area contributed by atoms with E-state index in [4.69, 9.17) is 28.3 Å². The zero-order chi connectivity index (χ0) is 17.8. The lowest BCUT2D eigenvalue weighted by Gasteiger charge is -2.13. The van der Waals surface area contributed by atoms with Crippen LogP contribution in [-0.2, 0) is 0 Å². The summed E-state index contributed by atoms with van der Waals surface area (Å²) in [5, 5.41) is 9.17. The number of hydrogen-bond donors (Lipinski definition) is 1. The number of anilines is 1. The van der Waals surface area contributed by atoms with Crippen molar-refractivity contribution in [3.8, 4) is 16.9 Å². The monoisotopic (exact) mass is 375 g/mol. The van der Waals surface area contributed by atoms with Crippen molar-refractivity contribution < 1.29 is 0 Å². The minimum atomic E-state index is 0.497. The number of halogens is 2. The molecule has 130 valence electrons. The molecule has 0 bridgehead atoms. The van der Waals surface area contributed by atoms with Crippen LogP contribution in [0.2, 0.25) is 10.0 Å². The number of benzene rings is 1. The first-order chi connectivity index (χ1) is 12.0. The number of hydrogen-bond acceptors (Lipinski definition) is 4. The summed E-state index contributed by atoms with van der Waals surface area (Å²) in [5.74, 6) is 0.888. The molecule has 0 aliphatic rings. The summed E-state index contributed by atoms with van der Waals surface area (Å²) in [6, 6.07) is 11.4. The molecular weight excluding hydrogens is 357 g/mol. The topological polar surface area (TPSA) is 46.0 Å². The van der Waals surface area contributed by atoms with Gasteiger partial charge in [-0.15, -0.1) is 0 Å². The lowest BCUT2D eigenvalue weighted by molar-refractivity contribution is 0.425. The van der Waals surface area contributed by atoms with Crippen LogP contribution in [0.25, 0.3) is 16.9 Å². The third-order valence-corrected chi connectivity index (χ3v) is 4.42. The smallest absolute Gasteiger partial charge is 0.130 e. The molecule has 2 aromatic heterocycles. The summed E-state index contributed by atoms with van der Waals surface area (Å²) in [4.78, 5) is 6.29. The number of rotatable bonds is 6. The van der Waals surface area contributed by atoms with E-state index in [0.717, 1.165) is 35.9 Å². The van der Waals surface area contributed by atoms with Gasteiger partial charge in [-0.05, 0) is 44.4 Å². The summed E-state index contributed by atoms with van der Waals surface area (Å²) < 4.78 is 1.83. The Balaban J connectivity index is 1.98. The Bertz CT molecular complexity index is 846. The van der Waals surface area contributed by atoms with E-state index >= 15 is 0 Å². The maximum atomic E-state index is 6.18. The molecular formula is C18H19Cl2N5. The SMILES string of the molecule is CN(C)CCNc1cc(-c2cccnc2)nn1-c1ccc(Cl)c(Cl)c1. The number of pyridine rings is 1. The normalized spacial score (nSPS) is 11.1. The van der Waals surface area contributed by atoms with Crippen LogP contribution in [0.5, 0.6) is 0 Å². The largest absolute Gasteiger partial charge is 0.369 e. The summed E-state index contributed by atoms with van der Waals surface area (Å²) >= 11 is 12.2. The molecule has 0 saturated carbocycles. The molecule has 7 heteroatoms. The molecule has 0 amide bonds. The van der Waals surface area contributed by atoms with Crippen LogP contribution in [0.1, 0.15) is 0 Å². The standard InChI is InChI=1S/C18H19Cl2N5/c1-24(2)9-8-22-18-11-17(13-4-3-7-21-12-13)23-25(18)14-5-6-15(19)16(20)10-14/h3-7,10-12,22H,8-9H2,1-2H3. The Morgan fingerprint density at radius 1 is 1.12 bits per heavy atom. The summed E-state index contributed by atoms with van der Waals surface area (Å²) in [6.45, 7) is 1.71. The van der Waals surface area contributed by atoms with Gasteiger partial charge in [0, 0.05) is 37.1 Å². The van der Waals surface area contributed by atoms with E-state index in [1.165, 1.54) is 0 Å². The quantitative estimate of drug-likeness (QED) is 0.700. The van der Waals surface area contributed by atoms with Gasteiger partial charge in [0.05, 0.1) is 21.4 Å². The predicted octanol–water partition coefficient (Wildman–Crippen LogP) is 4.21. The second-order valence-electron chi connectivity index (χ2n) is 5.90. The Hall–Kier alpha value is -2.08. The highest BCUT2D eigenvalue weighted by Gasteiger charge is 2.12. The van der Waals surface area contributed by atoms with Crippen LogP contribution in [0.4, 0.5) is 5.82 Å². The number of nitrogens with one attached hydrogen (secondary N) is 1. The number of likely N-dealkylation sites (N-methyl/N-ethyl adjacent to an activating group) is 1. The van der Waals surface area contributed by atoms with Gasteiger partial charge in [0.15, 0.2) is 0 Å². The first kappa shape index (κ1) is 17.7. The van der Waals surface area contributed by atoms with Gasteiger partial charge in [0.2, 0.25) is 0 Å². The summed E-state index contributed by atoms with van der Waals surface area (Å²) in [6.07, 6.45) is 3.54. The minimum Gasteiger partial charge on any atom is -0.369 e. The second kappa shape index (κ2) is 7.87. The molecule has 1 aromatic carbocycles. The van der Waals surface area contributed by atoms with Crippen molar-refractivity contribution in [3.05, 3.63) is 58.8 Å². The maximum absolute atomic E-state index is 6.18. The lowest BCUT2D eigenvalue weighted by Crippen LogP contribution is -2.21. The van der Waals surface area contributed by atoms with E-state index in [1.807, 2.05) is 43.0 Å². The van der Waals surface area contributed by atoms with Crippen LogP contribution < -0.4 is 5.32 Å². The van der Waals surface area contributed by atoms with E-state index in [1.54, 1.807) is 24.5 Å². The molecule has 1 N–H and O–H groups in total. The fourth-order valence-corrected chi connectivity index (χ4v) is 2.68. The van der Waals surface area contributed by atoms with Crippen molar-refractivity contribution in [3.63, 3.8) is 0 Å². The predicted molar refractivity (Wildman–Crippen MR) is 104 cm³/mol. The van der Waals surface area contributed by atoms with E-state index in [2.05, 4.69) is 15.2 Å². The highest BCUT2D eigenvalue weighted by atomic mass is 35.5. The highest BCUT2D eigenvalue weighted by molar-refractivity contribution is 6.42. The maximum Gasteiger partial charge on any atom is 0.130 e. The summed E-state index contributed by atoms with van der Waals surface area (Å²) in [5.41, 5.74) is 2.64. The van der Waals surface area contributed by atoms with Crippen molar-refractivity contribution in [2.75, 3.05) is 32.5 Å². The molecule has 0 atom stereocenters. The third kappa shape index (κ3) is 4.31. The molecule has 5 nitrogen and oxygen atoms in total. The molecule has 0 unspecified atom stereocenters. The summed E-state index contributed by atoms with van der Waals surface area (Å²) in [7, 11) is 4.08. The Morgan fingerprint density at radius 3 is 2.64 bits per heavy atom. The molecule has 0 saturated heterocycles. The fraction of sp³-hybridized carbons (Fsp3) is 0.222. The first-order valence-corrected chi connectivity index (χ1v) is 8.64. The van der Waals surface area contributed by atoms with E-state index in [0.29, 0.717) is 10.0 Å². The van der Waals surface area contributed by atoms with Crippen LogP contribution >= 0.6 is 23.2 Å². The fourth-order valence-electron chi connectivity index (χ4n) is 2.38. The van der Waals surface area contributed by atoms with Crippen LogP contribution in [-0.4, -0.2) is 46.8 Å². The molecule has 0 spiro atoms. The van der Waals surface area contributed by atoms with Crippen LogP contribution in [0.15, 0.2) is 48.8 Å². The van der Waals surface area contributed by atoms with E-state index in [9.17, 15) is 0 Å². The zero-order valence-electron chi connectivity index (χ0n) is 14.1. The molecule has 0 aliphatic heterocycles. The third-order valence-electron chi connectivity index (χ3n) is 3.68. The number of aromatic nitrogens is 3. The Morgan fingerprint density at radius 2 is 1.96 bits per heavy atom. The van der Waals surface area contributed by atoms with Crippen molar-refractivity contribution in [1.82, 2.24) is 19.7 Å². The second-order valence-corrected chi connectivity index (χ2v) is 6.71. The first-order valence-electron chi connectivity index (χ1n) is 7.89. The van der Waals surface area contributed by atoms with Gasteiger partial charge in [0.25, 0.3) is 0 Å². The van der Waals surface area contributed by atoms with Gasteiger partial charge in [0.1, 0.15) is 5.82 Å². The van der Waals surface area contributed by atoms with Crippen molar-refractivity contribution >= 4 is 29.0 Å². The van der Waals surface area contributed by atoms with Crippen molar-refractivity contribution in [2.24, 2.45) is 0 Å². The highest BCUT2D eigenvalue weighted by Crippen LogP contribution is 2.28. The number of nitrogens with zero attached hydrogens (tertiary/aromatic N) is 4. The van der Waals surface area contributed by atoms with Gasteiger partial charge in [-0.2, -0.15) is 5.10 Å². The molecule has 0 aliphatic carbocycles. The molecule has 25 heavy (non-hydrogen) atoms. The Kier molecular flexibility index (Phi) is 5.58. The van der Waals surface area contributed by atoms with Gasteiger partial charge in [-0.1, -0.05) is 23.2 Å². The molecule has 0 radical (unpaired) electrons. The van der Waals surface area contributed by atoms with Gasteiger partial charge in [-0.3, -0.25) is 4.98 Å². The molecule has 2 heterocycles. The van der Waals surface area contributed by atoms with Crippen molar-refractivity contribution in [1.29, 1.82) is 0 Å². The van der Waals surface area contributed by atoms with Crippen molar-refractivity contribution in [2.45, 2.75) is 0 Å². The lowest BCUT2D eigenvalue weighted by atomic mass is 10.2. The van der Waals surface area contributed by atoms with Gasteiger partial charge in [-0.25, -0.2) is 4.68 Å². The van der Waals surface area contributed by atoms with Gasteiger partial charge >= 0.3 is 0 Å². The van der Waals surface area contributed by atoms with Crippen LogP contribution in [0.3, 0.4) is 0 Å². The average molecular weight is 376 g/mol. The zero-order valence-corrected chi connectivity index (χ0v) is 15.6. The van der Waals surface area contributed by atoms with Gasteiger partial charge < -0.3 is 10.2 Å². The molecule has 3 aromatic rings. The van der Waals surface area contributed by atoms with E-state index in [-0.39, 0.29) is 0 Å². The minimum absolute atomic E-state index is 0.497. The molecule has 3 rings (SSSR count). The van der Waals surface area contributed by atoms with Crippen LogP contribution in [0, 0.1) is 0 Å². The average Bonchev–Trinajstić information content (AvgIpc) is 3.02. The molecule has 0 fully saturated rings. The van der Waals surface area contributed by atoms with E-state index < -0.39 is 0 Å². The Labute approximate surface area is 157 Å².